The number of nitrogens with zero attached hydrogens (tertiary/aromatic N) is 4. The van der Waals surface area contributed by atoms with Crippen LogP contribution in [-0.4, -0.2) is 51.2 Å². The van der Waals surface area contributed by atoms with Crippen molar-refractivity contribution in [2.24, 2.45) is 0 Å². The van der Waals surface area contributed by atoms with Crippen molar-refractivity contribution in [3.63, 3.8) is 0 Å². The lowest BCUT2D eigenvalue weighted by Crippen LogP contribution is -2.39. The summed E-state index contributed by atoms with van der Waals surface area (Å²) in [6.07, 6.45) is -9.99. The van der Waals surface area contributed by atoms with Crippen LogP contribution in [-0.2, 0) is 34.8 Å². The van der Waals surface area contributed by atoms with Crippen molar-refractivity contribution in [2.45, 2.75) is 57.2 Å². The maximum absolute atomic E-state index is 13.5. The van der Waals surface area contributed by atoms with Gasteiger partial charge in [-0.3, -0.25) is 9.69 Å². The topological polar surface area (TPSA) is 95.9 Å². The second kappa shape index (κ2) is 11.8. The Balaban J connectivity index is 1.51. The maximum atomic E-state index is 13.5. The zero-order valence-corrected chi connectivity index (χ0v) is 23.8. The summed E-state index contributed by atoms with van der Waals surface area (Å²) in [7, 11) is 0. The quantitative estimate of drug-likeness (QED) is 0.261. The van der Waals surface area contributed by atoms with E-state index < -0.39 is 53.3 Å². The summed E-state index contributed by atoms with van der Waals surface area (Å²) in [4.78, 5) is 36.3. The van der Waals surface area contributed by atoms with Crippen molar-refractivity contribution in [2.75, 3.05) is 18.0 Å². The van der Waals surface area contributed by atoms with E-state index in [2.05, 4.69) is 9.97 Å². The van der Waals surface area contributed by atoms with Gasteiger partial charge in [-0.1, -0.05) is 17.7 Å². The van der Waals surface area contributed by atoms with Gasteiger partial charge in [0.1, 0.15) is 6.10 Å². The van der Waals surface area contributed by atoms with E-state index in [0.717, 1.165) is 6.42 Å². The third-order valence-corrected chi connectivity index (χ3v) is 7.92. The Kier molecular flexibility index (Phi) is 8.40. The average molecular weight is 643 g/mol. The lowest BCUT2D eigenvalue weighted by molar-refractivity contribution is -0.143. The second-order valence-electron chi connectivity index (χ2n) is 10.6. The number of hydrogen-bond acceptors (Lipinski definition) is 6. The summed E-state index contributed by atoms with van der Waals surface area (Å²) >= 11 is 6.52. The first-order valence-corrected chi connectivity index (χ1v) is 13.9. The molecule has 0 saturated carbocycles. The van der Waals surface area contributed by atoms with Crippen molar-refractivity contribution >= 4 is 29.6 Å². The fraction of sp³-hybridized carbons (Fsp3) is 0.379. The van der Waals surface area contributed by atoms with Crippen molar-refractivity contribution in [1.82, 2.24) is 14.9 Å². The SMILES string of the molecule is CC1C(c2cc(C(F)(F)F)cc(C(F)(F)F)c2)OC(=O)N1Cc1nc(N2CCC2)ncc1-c1cc(CCC(=O)O)ccc1Cl. The van der Waals surface area contributed by atoms with E-state index in [9.17, 15) is 35.9 Å². The molecule has 1 N–H and O–H groups in total. The highest BCUT2D eigenvalue weighted by Crippen LogP contribution is 2.42. The average Bonchev–Trinajstić information content (AvgIpc) is 3.19. The van der Waals surface area contributed by atoms with Crippen LogP contribution in [0.3, 0.4) is 0 Å². The van der Waals surface area contributed by atoms with Crippen LogP contribution in [0.2, 0.25) is 5.02 Å². The molecule has 2 unspecified atom stereocenters. The number of hydrogen-bond donors (Lipinski definition) is 1. The minimum atomic E-state index is -5.07. The van der Waals surface area contributed by atoms with E-state index in [0.29, 0.717) is 58.6 Å². The van der Waals surface area contributed by atoms with Gasteiger partial charge in [0, 0.05) is 41.9 Å². The van der Waals surface area contributed by atoms with E-state index in [-0.39, 0.29) is 25.5 Å². The van der Waals surface area contributed by atoms with E-state index >= 15 is 0 Å². The summed E-state index contributed by atoms with van der Waals surface area (Å²) < 4.78 is 86.4. The second-order valence-corrected chi connectivity index (χ2v) is 11.0. The third-order valence-electron chi connectivity index (χ3n) is 7.59. The number of cyclic esters (lactones) is 1. The number of aryl methyl sites for hydroxylation is 1. The predicted octanol–water partition coefficient (Wildman–Crippen LogP) is 7.14. The molecule has 0 aliphatic carbocycles. The number of carboxylic acids is 1. The number of benzene rings is 2. The molecule has 2 atom stereocenters. The Hall–Kier alpha value is -4.07. The number of anilines is 1. The lowest BCUT2D eigenvalue weighted by atomic mass is 9.97. The van der Waals surface area contributed by atoms with Gasteiger partial charge in [-0.05, 0) is 61.2 Å². The first-order valence-electron chi connectivity index (χ1n) is 13.5. The van der Waals surface area contributed by atoms with Crippen molar-refractivity contribution in [3.8, 4) is 11.1 Å². The molecule has 5 rings (SSSR count). The van der Waals surface area contributed by atoms with E-state index in [1.807, 2.05) is 4.90 Å². The monoisotopic (exact) mass is 642 g/mol. The van der Waals surface area contributed by atoms with Crippen LogP contribution >= 0.6 is 11.6 Å². The lowest BCUT2D eigenvalue weighted by Gasteiger charge is -2.31. The summed E-state index contributed by atoms with van der Waals surface area (Å²) in [5.41, 5.74) is -1.62. The molecular weight excluding hydrogens is 618 g/mol. The minimum Gasteiger partial charge on any atom is -0.481 e. The van der Waals surface area contributed by atoms with Crippen LogP contribution in [0.5, 0.6) is 0 Å². The molecule has 2 aliphatic heterocycles. The van der Waals surface area contributed by atoms with Crippen LogP contribution in [0, 0.1) is 0 Å². The molecule has 3 heterocycles. The number of aliphatic carboxylic acids is 1. The molecule has 234 valence electrons. The number of carbonyl (C=O) groups excluding carboxylic acids is 1. The van der Waals surface area contributed by atoms with Crippen molar-refractivity contribution in [3.05, 3.63) is 75.6 Å². The predicted molar refractivity (Wildman–Crippen MR) is 146 cm³/mol. The first-order chi connectivity index (χ1) is 20.6. The molecule has 2 saturated heterocycles. The van der Waals surface area contributed by atoms with Crippen LogP contribution in [0.1, 0.15) is 53.8 Å². The zero-order chi connectivity index (χ0) is 32.0. The Morgan fingerprint density at radius 3 is 2.27 bits per heavy atom. The number of amides is 1. The van der Waals surface area contributed by atoms with E-state index in [4.69, 9.17) is 21.4 Å². The highest BCUT2D eigenvalue weighted by molar-refractivity contribution is 6.33. The molecule has 2 aromatic carbocycles. The Morgan fingerprint density at radius 1 is 1.05 bits per heavy atom. The molecule has 44 heavy (non-hydrogen) atoms. The van der Waals surface area contributed by atoms with E-state index in [1.165, 1.54) is 18.0 Å². The highest BCUT2D eigenvalue weighted by atomic mass is 35.5. The molecule has 15 heteroatoms. The molecule has 0 bridgehead atoms. The zero-order valence-electron chi connectivity index (χ0n) is 23.0. The molecule has 1 aromatic heterocycles. The summed E-state index contributed by atoms with van der Waals surface area (Å²) in [5.74, 6) is -0.610. The summed E-state index contributed by atoms with van der Waals surface area (Å²) in [5, 5.41) is 9.38. The number of alkyl halides is 6. The number of ether oxygens (including phenoxy) is 1. The van der Waals surface area contributed by atoms with Gasteiger partial charge in [-0.25, -0.2) is 14.8 Å². The molecular formula is C29H25ClF6N4O4. The number of rotatable bonds is 8. The van der Waals surface area contributed by atoms with E-state index in [1.54, 1.807) is 18.2 Å². The Labute approximate surface area is 252 Å². The molecule has 2 aliphatic rings. The number of halogens is 7. The third kappa shape index (κ3) is 6.54. The van der Waals surface area contributed by atoms with Gasteiger partial charge < -0.3 is 14.7 Å². The van der Waals surface area contributed by atoms with Gasteiger partial charge in [-0.15, -0.1) is 0 Å². The Bertz CT molecular complexity index is 1560. The van der Waals surface area contributed by atoms with Crippen molar-refractivity contribution < 1.29 is 45.8 Å². The Morgan fingerprint density at radius 2 is 1.70 bits per heavy atom. The van der Waals surface area contributed by atoms with Crippen molar-refractivity contribution in [1.29, 1.82) is 0 Å². The van der Waals surface area contributed by atoms with Crippen LogP contribution in [0.25, 0.3) is 11.1 Å². The molecule has 3 aromatic rings. The fourth-order valence-electron chi connectivity index (χ4n) is 5.07. The first kappa shape index (κ1) is 31.4. The smallest absolute Gasteiger partial charge is 0.416 e. The maximum Gasteiger partial charge on any atom is 0.416 e. The number of carboxylic acid groups (broad SMARTS) is 1. The van der Waals surface area contributed by atoms with Crippen LogP contribution < -0.4 is 4.90 Å². The van der Waals surface area contributed by atoms with Gasteiger partial charge in [-0.2, -0.15) is 26.3 Å². The number of aromatic nitrogens is 2. The van der Waals surface area contributed by atoms with Crippen LogP contribution in [0.15, 0.2) is 42.6 Å². The van der Waals surface area contributed by atoms with Gasteiger partial charge in [0.2, 0.25) is 5.95 Å². The largest absolute Gasteiger partial charge is 0.481 e. The van der Waals surface area contributed by atoms with Gasteiger partial charge >= 0.3 is 24.4 Å². The minimum absolute atomic E-state index is 0.0154. The molecule has 0 radical (unpaired) electrons. The summed E-state index contributed by atoms with van der Waals surface area (Å²) in [6.45, 7) is 2.63. The van der Waals surface area contributed by atoms with Gasteiger partial charge in [0.25, 0.3) is 0 Å². The normalized spacial score (nSPS) is 18.8. The highest BCUT2D eigenvalue weighted by Gasteiger charge is 2.43. The molecule has 0 spiro atoms. The fourth-order valence-corrected chi connectivity index (χ4v) is 5.29. The molecule has 1 amide bonds. The molecule has 2 fully saturated rings. The van der Waals surface area contributed by atoms with Gasteiger partial charge in [0.15, 0.2) is 0 Å². The standard InChI is InChI=1S/C29H25ClF6N4O4/c1-15-25(17-10-18(28(31,32)33)12-19(11-17)29(34,35)36)44-27(43)40(15)14-23-21(13-37-26(38-23)39-7-2-8-39)20-9-16(3-5-22(20)30)4-6-24(41)42/h3,5,9-13,15,25H,2,4,6-8,14H2,1H3,(H,41,42). The number of carbonyl (C=O) groups is 2. The van der Waals surface area contributed by atoms with Crippen LogP contribution in [0.4, 0.5) is 37.1 Å². The summed E-state index contributed by atoms with van der Waals surface area (Å²) in [6, 6.07) is 5.09. The van der Waals surface area contributed by atoms with Gasteiger partial charge in [0.05, 0.1) is 29.4 Å². The molecule has 8 nitrogen and oxygen atoms in total.